The van der Waals surface area contributed by atoms with E-state index in [-0.39, 0.29) is 25.0 Å². The van der Waals surface area contributed by atoms with Crippen LogP contribution in [0, 0.1) is 18.8 Å². The highest BCUT2D eigenvalue weighted by Crippen LogP contribution is 2.11. The fourth-order valence-corrected chi connectivity index (χ4v) is 1.67. The fraction of sp³-hybridized carbons (Fsp3) is 0.467. The minimum Gasteiger partial charge on any atom is -0.484 e. The summed E-state index contributed by atoms with van der Waals surface area (Å²) in [6.45, 7) is 5.59. The van der Waals surface area contributed by atoms with Gasteiger partial charge in [-0.3, -0.25) is 9.59 Å². The van der Waals surface area contributed by atoms with Gasteiger partial charge >= 0.3 is 5.97 Å². The fourth-order valence-electron chi connectivity index (χ4n) is 1.67. The lowest BCUT2D eigenvalue weighted by molar-refractivity contribution is -0.143. The molecule has 0 spiro atoms. The van der Waals surface area contributed by atoms with Crippen molar-refractivity contribution in [1.82, 2.24) is 5.32 Å². The summed E-state index contributed by atoms with van der Waals surface area (Å²) in [5.74, 6) is -1.23. The van der Waals surface area contributed by atoms with Crippen molar-refractivity contribution in [3.05, 3.63) is 29.8 Å². The number of hydrogen-bond acceptors (Lipinski definition) is 3. The van der Waals surface area contributed by atoms with Gasteiger partial charge in [0.25, 0.3) is 5.91 Å². The lowest BCUT2D eigenvalue weighted by Crippen LogP contribution is -2.37. The van der Waals surface area contributed by atoms with Crippen LogP contribution in [-0.4, -0.2) is 30.1 Å². The molecular weight excluding hydrogens is 258 g/mol. The van der Waals surface area contributed by atoms with Gasteiger partial charge in [0.05, 0.1) is 5.92 Å². The summed E-state index contributed by atoms with van der Waals surface area (Å²) in [4.78, 5) is 22.6. The number of rotatable bonds is 7. The number of ether oxygens (including phenoxy) is 1. The standard InChI is InChI=1S/C15H21NO4/c1-10(2)13(15(18)19)8-16-14(17)9-20-12-6-4-11(3)5-7-12/h4-7,10,13H,8-9H2,1-3H3,(H,16,17)(H,18,19). The largest absolute Gasteiger partial charge is 0.484 e. The molecule has 0 heterocycles. The van der Waals surface area contributed by atoms with E-state index >= 15 is 0 Å². The minimum absolute atomic E-state index is 0.0363. The first kappa shape index (κ1) is 16.0. The summed E-state index contributed by atoms with van der Waals surface area (Å²) < 4.78 is 5.32. The molecule has 0 aromatic heterocycles. The van der Waals surface area contributed by atoms with E-state index in [4.69, 9.17) is 9.84 Å². The predicted molar refractivity (Wildman–Crippen MR) is 75.6 cm³/mol. The number of carbonyl (C=O) groups is 2. The van der Waals surface area contributed by atoms with E-state index in [9.17, 15) is 9.59 Å². The zero-order chi connectivity index (χ0) is 15.1. The van der Waals surface area contributed by atoms with Crippen molar-refractivity contribution in [3.63, 3.8) is 0 Å². The summed E-state index contributed by atoms with van der Waals surface area (Å²) in [7, 11) is 0. The van der Waals surface area contributed by atoms with Gasteiger partial charge in [-0.2, -0.15) is 0 Å². The topological polar surface area (TPSA) is 75.6 Å². The lowest BCUT2D eigenvalue weighted by Gasteiger charge is -2.16. The van der Waals surface area contributed by atoms with E-state index in [1.54, 1.807) is 12.1 Å². The van der Waals surface area contributed by atoms with Crippen LogP contribution in [0.1, 0.15) is 19.4 Å². The molecule has 0 aliphatic carbocycles. The average Bonchev–Trinajstić information content (AvgIpc) is 2.37. The SMILES string of the molecule is Cc1ccc(OCC(=O)NCC(C(=O)O)C(C)C)cc1. The molecule has 1 rings (SSSR count). The second-order valence-corrected chi connectivity index (χ2v) is 5.09. The van der Waals surface area contributed by atoms with E-state index in [0.29, 0.717) is 5.75 Å². The number of carbonyl (C=O) groups excluding carboxylic acids is 1. The van der Waals surface area contributed by atoms with E-state index in [0.717, 1.165) is 5.56 Å². The van der Waals surface area contributed by atoms with Gasteiger partial charge in [0.2, 0.25) is 0 Å². The molecule has 1 amide bonds. The molecule has 0 saturated carbocycles. The number of benzene rings is 1. The summed E-state index contributed by atoms with van der Waals surface area (Å²) in [6.07, 6.45) is 0. The summed E-state index contributed by atoms with van der Waals surface area (Å²) in [5, 5.41) is 11.6. The molecule has 1 aromatic carbocycles. The first-order valence-electron chi connectivity index (χ1n) is 6.59. The molecule has 2 N–H and O–H groups in total. The van der Waals surface area contributed by atoms with Gasteiger partial charge in [-0.1, -0.05) is 31.5 Å². The molecule has 20 heavy (non-hydrogen) atoms. The highest BCUT2D eigenvalue weighted by molar-refractivity contribution is 5.78. The third-order valence-electron chi connectivity index (χ3n) is 3.03. The van der Waals surface area contributed by atoms with Crippen molar-refractivity contribution in [2.75, 3.05) is 13.2 Å². The Bertz CT molecular complexity index is 453. The van der Waals surface area contributed by atoms with Crippen molar-refractivity contribution in [1.29, 1.82) is 0 Å². The van der Waals surface area contributed by atoms with Gasteiger partial charge in [0.15, 0.2) is 6.61 Å². The van der Waals surface area contributed by atoms with Gasteiger partial charge in [-0.05, 0) is 25.0 Å². The molecule has 110 valence electrons. The number of aryl methyl sites for hydroxylation is 1. The van der Waals surface area contributed by atoms with Crippen molar-refractivity contribution in [3.8, 4) is 5.75 Å². The molecule has 5 heteroatoms. The molecule has 0 aliphatic heterocycles. The quantitative estimate of drug-likeness (QED) is 0.798. The Labute approximate surface area is 118 Å². The Morgan fingerprint density at radius 1 is 1.25 bits per heavy atom. The maximum absolute atomic E-state index is 11.6. The Morgan fingerprint density at radius 3 is 2.35 bits per heavy atom. The van der Waals surface area contributed by atoms with Crippen molar-refractivity contribution >= 4 is 11.9 Å². The minimum atomic E-state index is -0.903. The van der Waals surface area contributed by atoms with Gasteiger partial charge in [-0.15, -0.1) is 0 Å². The van der Waals surface area contributed by atoms with Gasteiger partial charge in [-0.25, -0.2) is 0 Å². The van der Waals surface area contributed by atoms with Crippen LogP contribution in [0.2, 0.25) is 0 Å². The summed E-state index contributed by atoms with van der Waals surface area (Å²) in [6, 6.07) is 7.37. The molecule has 0 fully saturated rings. The number of carboxylic acid groups (broad SMARTS) is 1. The molecule has 1 unspecified atom stereocenters. The Balaban J connectivity index is 2.36. The monoisotopic (exact) mass is 279 g/mol. The Kier molecular flexibility index (Phi) is 6.03. The molecule has 0 bridgehead atoms. The number of amides is 1. The van der Waals surface area contributed by atoms with Crippen LogP contribution in [0.25, 0.3) is 0 Å². The molecule has 1 atom stereocenters. The number of carboxylic acids is 1. The van der Waals surface area contributed by atoms with Crippen LogP contribution >= 0.6 is 0 Å². The van der Waals surface area contributed by atoms with E-state index in [2.05, 4.69) is 5.32 Å². The second-order valence-electron chi connectivity index (χ2n) is 5.09. The highest BCUT2D eigenvalue weighted by atomic mass is 16.5. The van der Waals surface area contributed by atoms with Crippen LogP contribution < -0.4 is 10.1 Å². The third-order valence-corrected chi connectivity index (χ3v) is 3.03. The van der Waals surface area contributed by atoms with Crippen molar-refractivity contribution in [2.24, 2.45) is 11.8 Å². The molecular formula is C15H21NO4. The van der Waals surface area contributed by atoms with Gasteiger partial charge in [0.1, 0.15) is 5.75 Å². The zero-order valence-electron chi connectivity index (χ0n) is 12.1. The van der Waals surface area contributed by atoms with Crippen LogP contribution in [-0.2, 0) is 9.59 Å². The number of aliphatic carboxylic acids is 1. The maximum Gasteiger partial charge on any atom is 0.308 e. The highest BCUT2D eigenvalue weighted by Gasteiger charge is 2.21. The maximum atomic E-state index is 11.6. The van der Waals surface area contributed by atoms with Crippen LogP contribution in [0.3, 0.4) is 0 Å². The first-order valence-corrected chi connectivity index (χ1v) is 6.59. The average molecular weight is 279 g/mol. The van der Waals surface area contributed by atoms with E-state index in [1.165, 1.54) is 0 Å². The Morgan fingerprint density at radius 2 is 1.85 bits per heavy atom. The smallest absolute Gasteiger partial charge is 0.308 e. The van der Waals surface area contributed by atoms with Crippen molar-refractivity contribution in [2.45, 2.75) is 20.8 Å². The second kappa shape index (κ2) is 7.53. The summed E-state index contributed by atoms with van der Waals surface area (Å²) in [5.41, 5.74) is 1.11. The molecule has 1 aromatic rings. The first-order chi connectivity index (χ1) is 9.40. The van der Waals surface area contributed by atoms with Crippen molar-refractivity contribution < 1.29 is 19.4 Å². The lowest BCUT2D eigenvalue weighted by atomic mass is 9.96. The van der Waals surface area contributed by atoms with E-state index < -0.39 is 11.9 Å². The normalized spacial score (nSPS) is 12.0. The molecule has 0 aliphatic rings. The van der Waals surface area contributed by atoms with Gasteiger partial charge in [0, 0.05) is 6.54 Å². The van der Waals surface area contributed by atoms with E-state index in [1.807, 2.05) is 32.9 Å². The van der Waals surface area contributed by atoms with Crippen LogP contribution in [0.4, 0.5) is 0 Å². The third kappa shape index (κ3) is 5.30. The molecule has 5 nitrogen and oxygen atoms in total. The number of hydrogen-bond donors (Lipinski definition) is 2. The number of nitrogens with one attached hydrogen (secondary N) is 1. The van der Waals surface area contributed by atoms with Gasteiger partial charge < -0.3 is 15.2 Å². The summed E-state index contributed by atoms with van der Waals surface area (Å²) >= 11 is 0. The predicted octanol–water partition coefficient (Wildman–Crippen LogP) is 1.85. The molecule has 0 saturated heterocycles. The van der Waals surface area contributed by atoms with Crippen LogP contribution in [0.15, 0.2) is 24.3 Å². The molecule has 0 radical (unpaired) electrons. The Hall–Kier alpha value is -2.04. The zero-order valence-corrected chi connectivity index (χ0v) is 12.1. The van der Waals surface area contributed by atoms with Crippen LogP contribution in [0.5, 0.6) is 5.75 Å².